The van der Waals surface area contributed by atoms with Crippen molar-refractivity contribution in [3.63, 3.8) is 0 Å². The molecule has 31 heavy (non-hydrogen) atoms. The Balaban J connectivity index is 1.35. The van der Waals surface area contributed by atoms with Crippen molar-refractivity contribution in [2.24, 2.45) is 5.92 Å². The van der Waals surface area contributed by atoms with Gasteiger partial charge in [0.1, 0.15) is 12.1 Å². The number of anilines is 1. The first-order valence-electron chi connectivity index (χ1n) is 11.0. The molecule has 1 aromatic rings. The molecule has 9 nitrogen and oxygen atoms in total. The van der Waals surface area contributed by atoms with E-state index in [1.807, 2.05) is 29.2 Å². The Morgan fingerprint density at radius 3 is 2.81 bits per heavy atom. The van der Waals surface area contributed by atoms with Crippen LogP contribution in [-0.2, 0) is 25.5 Å². The zero-order chi connectivity index (χ0) is 22.0. The number of ether oxygens (including phenoxy) is 1. The average Bonchev–Trinajstić information content (AvgIpc) is 3.40. The van der Waals surface area contributed by atoms with Crippen LogP contribution in [-0.4, -0.2) is 79.0 Å². The van der Waals surface area contributed by atoms with E-state index >= 15 is 0 Å². The number of amides is 2. The number of benzene rings is 1. The van der Waals surface area contributed by atoms with Crippen molar-refractivity contribution in [1.29, 1.82) is 0 Å². The van der Waals surface area contributed by atoms with Crippen molar-refractivity contribution in [2.75, 3.05) is 38.6 Å². The summed E-state index contributed by atoms with van der Waals surface area (Å²) in [7, 11) is 1.70. The fourth-order valence-corrected chi connectivity index (χ4v) is 4.75. The van der Waals surface area contributed by atoms with Gasteiger partial charge in [-0.15, -0.1) is 0 Å². The third-order valence-electron chi connectivity index (χ3n) is 6.49. The van der Waals surface area contributed by atoms with Crippen LogP contribution in [0.2, 0.25) is 0 Å². The van der Waals surface area contributed by atoms with Crippen molar-refractivity contribution in [1.82, 2.24) is 20.7 Å². The second kappa shape index (κ2) is 9.23. The van der Waals surface area contributed by atoms with Crippen LogP contribution >= 0.6 is 0 Å². The highest BCUT2D eigenvalue weighted by Crippen LogP contribution is 2.29. The first-order chi connectivity index (χ1) is 15.0. The van der Waals surface area contributed by atoms with E-state index in [1.54, 1.807) is 18.9 Å². The third-order valence-corrected chi connectivity index (χ3v) is 6.49. The molecule has 168 valence electrons. The number of hydrazine groups is 1. The molecule has 1 aromatic carbocycles. The topological polar surface area (TPSA) is 103 Å². The van der Waals surface area contributed by atoms with Crippen LogP contribution in [0.4, 0.5) is 5.69 Å². The Bertz CT molecular complexity index is 822. The molecule has 4 unspecified atom stereocenters. The summed E-state index contributed by atoms with van der Waals surface area (Å²) in [5.74, 6) is -0.315. The van der Waals surface area contributed by atoms with Gasteiger partial charge in [-0.3, -0.25) is 19.8 Å². The summed E-state index contributed by atoms with van der Waals surface area (Å²) in [4.78, 5) is 41.2. The molecule has 2 fully saturated rings. The van der Waals surface area contributed by atoms with Gasteiger partial charge in [0.25, 0.3) is 0 Å². The van der Waals surface area contributed by atoms with Gasteiger partial charge >= 0.3 is 5.97 Å². The van der Waals surface area contributed by atoms with Gasteiger partial charge in [-0.25, -0.2) is 5.43 Å². The minimum Gasteiger partial charge on any atom is -0.466 e. The smallest absolute Gasteiger partial charge is 0.307 e. The van der Waals surface area contributed by atoms with Gasteiger partial charge in [0.15, 0.2) is 0 Å². The predicted molar refractivity (Wildman–Crippen MR) is 115 cm³/mol. The van der Waals surface area contributed by atoms with Gasteiger partial charge in [-0.05, 0) is 25.0 Å². The summed E-state index contributed by atoms with van der Waals surface area (Å²) in [5.41, 5.74) is 8.54. The van der Waals surface area contributed by atoms with Crippen LogP contribution < -0.4 is 16.2 Å². The molecule has 0 radical (unpaired) electrons. The number of esters is 1. The van der Waals surface area contributed by atoms with Gasteiger partial charge in [0.2, 0.25) is 11.8 Å². The molecule has 0 spiro atoms. The Morgan fingerprint density at radius 2 is 2.03 bits per heavy atom. The number of hydrogen-bond acceptors (Lipinski definition) is 7. The molecule has 3 N–H and O–H groups in total. The fraction of sp³-hybridized carbons (Fsp3) is 0.591. The maximum atomic E-state index is 13.2. The number of rotatable bonds is 6. The van der Waals surface area contributed by atoms with E-state index in [0.717, 1.165) is 17.7 Å². The number of carbonyl (C=O) groups is 3. The number of para-hydroxylation sites is 1. The van der Waals surface area contributed by atoms with Crippen LogP contribution in [0.5, 0.6) is 0 Å². The third kappa shape index (κ3) is 4.52. The van der Waals surface area contributed by atoms with Crippen LogP contribution in [0.1, 0.15) is 25.3 Å². The molecular weight excluding hydrogens is 398 g/mol. The van der Waals surface area contributed by atoms with Crippen molar-refractivity contribution in [3.05, 3.63) is 29.8 Å². The van der Waals surface area contributed by atoms with Gasteiger partial charge < -0.3 is 19.9 Å². The molecule has 4 rings (SSSR count). The van der Waals surface area contributed by atoms with Crippen molar-refractivity contribution >= 4 is 23.5 Å². The van der Waals surface area contributed by atoms with Crippen molar-refractivity contribution in [2.45, 2.75) is 44.3 Å². The average molecular weight is 430 g/mol. The van der Waals surface area contributed by atoms with Gasteiger partial charge in [0.05, 0.1) is 13.0 Å². The molecule has 3 heterocycles. The Morgan fingerprint density at radius 1 is 1.23 bits per heavy atom. The highest BCUT2D eigenvalue weighted by molar-refractivity contribution is 5.88. The van der Waals surface area contributed by atoms with E-state index in [-0.39, 0.29) is 42.2 Å². The lowest BCUT2D eigenvalue weighted by Gasteiger charge is -2.37. The number of nitrogens with one attached hydrogen (secondary N) is 3. The monoisotopic (exact) mass is 429 g/mol. The quantitative estimate of drug-likeness (QED) is 0.553. The summed E-state index contributed by atoms with van der Waals surface area (Å²) in [6.45, 7) is 3.60. The highest BCUT2D eigenvalue weighted by atomic mass is 16.5. The maximum Gasteiger partial charge on any atom is 0.307 e. The van der Waals surface area contributed by atoms with Crippen LogP contribution in [0.15, 0.2) is 24.3 Å². The van der Waals surface area contributed by atoms with Crippen LogP contribution in [0, 0.1) is 5.92 Å². The van der Waals surface area contributed by atoms with E-state index < -0.39 is 6.04 Å². The minimum absolute atomic E-state index is 0.0148. The number of nitrogens with zero attached hydrogens (tertiary/aromatic N) is 2. The van der Waals surface area contributed by atoms with E-state index in [1.165, 1.54) is 0 Å². The predicted octanol–water partition coefficient (Wildman–Crippen LogP) is 0.128. The molecule has 0 aromatic heterocycles. The molecule has 4 atom stereocenters. The van der Waals surface area contributed by atoms with Crippen molar-refractivity contribution in [3.8, 4) is 0 Å². The summed E-state index contributed by atoms with van der Waals surface area (Å²) >= 11 is 0. The molecule has 3 aliphatic rings. The molecule has 9 heteroatoms. The maximum absolute atomic E-state index is 13.2. The number of piperidine rings is 1. The first-order valence-corrected chi connectivity index (χ1v) is 11.0. The Kier molecular flexibility index (Phi) is 6.43. The second-order valence-electron chi connectivity index (χ2n) is 8.48. The Hall–Kier alpha value is -2.65. The van der Waals surface area contributed by atoms with Crippen LogP contribution in [0.3, 0.4) is 0 Å². The van der Waals surface area contributed by atoms with E-state index in [9.17, 15) is 14.4 Å². The summed E-state index contributed by atoms with van der Waals surface area (Å²) in [5, 5.41) is 3.34. The van der Waals surface area contributed by atoms with E-state index in [4.69, 9.17) is 4.74 Å². The molecule has 2 saturated heterocycles. The molecule has 0 aliphatic carbocycles. The Labute approximate surface area is 182 Å². The lowest BCUT2D eigenvalue weighted by molar-refractivity contribution is -0.144. The van der Waals surface area contributed by atoms with Gasteiger partial charge in [0, 0.05) is 50.7 Å². The summed E-state index contributed by atoms with van der Waals surface area (Å²) in [6, 6.07) is 7.47. The summed E-state index contributed by atoms with van der Waals surface area (Å²) in [6.07, 6.45) is 1.65. The van der Waals surface area contributed by atoms with Crippen molar-refractivity contribution < 1.29 is 19.1 Å². The van der Waals surface area contributed by atoms with E-state index in [2.05, 4.69) is 16.2 Å². The van der Waals surface area contributed by atoms with E-state index in [0.29, 0.717) is 32.7 Å². The van der Waals surface area contributed by atoms with Crippen LogP contribution in [0.25, 0.3) is 0 Å². The molecule has 0 saturated carbocycles. The number of fused-ring (bicyclic) bond motifs is 2. The zero-order valence-corrected chi connectivity index (χ0v) is 18.1. The molecular formula is C22H31N5O4. The highest BCUT2D eigenvalue weighted by Gasteiger charge is 2.45. The summed E-state index contributed by atoms with van der Waals surface area (Å²) < 4.78 is 4.94. The normalized spacial score (nSPS) is 26.6. The number of carbonyl (C=O) groups excluding carboxylic acids is 3. The number of likely N-dealkylation sites (tertiary alicyclic amines) is 1. The zero-order valence-electron chi connectivity index (χ0n) is 18.1. The minimum atomic E-state index is -0.429. The lowest BCUT2D eigenvalue weighted by atomic mass is 9.87. The number of likely N-dealkylation sites (N-methyl/N-ethyl adjacent to an activating group) is 1. The lowest BCUT2D eigenvalue weighted by Crippen LogP contribution is -2.54. The molecule has 2 amide bonds. The molecule has 0 bridgehead atoms. The van der Waals surface area contributed by atoms with Gasteiger partial charge in [-0.2, -0.15) is 0 Å². The fourth-order valence-electron chi connectivity index (χ4n) is 4.75. The molecule has 3 aliphatic heterocycles. The van der Waals surface area contributed by atoms with Gasteiger partial charge in [-0.1, -0.05) is 18.2 Å². The second-order valence-corrected chi connectivity index (χ2v) is 8.48. The largest absolute Gasteiger partial charge is 0.466 e. The number of hydrogen-bond donors (Lipinski definition) is 3. The first kappa shape index (κ1) is 21.6. The standard InChI is InChI=1S/C22H31N5O4/c1-3-31-19(28)9-10-26(2)22(30)20-15-13-27(11-8-17(15)24-25-20)21(29)18-12-14-6-4-5-7-16(14)23-18/h4-7,15,17-18,20,23-25H,3,8-13H2,1-2H3. The SMILES string of the molecule is CCOC(=O)CCN(C)C(=O)C1NNC2CCN(C(=O)C3Cc4ccccc4N3)CC21.